The van der Waals surface area contributed by atoms with E-state index >= 15 is 0 Å². The maximum absolute atomic E-state index is 2.37. The minimum Gasteiger partial charge on any atom is -0.0588 e. The molecule has 1 aliphatic rings. The van der Waals surface area contributed by atoms with Crippen molar-refractivity contribution in [2.45, 2.75) is 52.4 Å². The van der Waals surface area contributed by atoms with Gasteiger partial charge in [-0.1, -0.05) is 26.0 Å². The first-order valence-corrected chi connectivity index (χ1v) is 5.71. The first-order valence-electron chi connectivity index (χ1n) is 5.71. The van der Waals surface area contributed by atoms with Crippen LogP contribution >= 0.6 is 0 Å². The number of hydrogen-bond donors (Lipinski definition) is 0. The van der Waals surface area contributed by atoms with Crippen molar-refractivity contribution < 1.29 is 0 Å². The van der Waals surface area contributed by atoms with Crippen molar-refractivity contribution in [3.63, 3.8) is 0 Å². The van der Waals surface area contributed by atoms with Gasteiger partial charge >= 0.3 is 0 Å². The molecule has 1 aromatic carbocycles. The van der Waals surface area contributed by atoms with Crippen LogP contribution in [0.4, 0.5) is 0 Å². The Hall–Kier alpha value is -0.780. The third-order valence-corrected chi connectivity index (χ3v) is 3.88. The summed E-state index contributed by atoms with van der Waals surface area (Å²) in [5.41, 5.74) is 6.22. The van der Waals surface area contributed by atoms with Gasteiger partial charge in [-0.05, 0) is 60.8 Å². The molecular weight excluding hydrogens is 168 g/mol. The van der Waals surface area contributed by atoms with E-state index in [1.54, 1.807) is 11.1 Å². The largest absolute Gasteiger partial charge is 0.0588 e. The normalized spacial score (nSPS) is 26.0. The summed E-state index contributed by atoms with van der Waals surface area (Å²) in [6.45, 7) is 9.24. The second-order valence-corrected chi connectivity index (χ2v) is 4.89. The van der Waals surface area contributed by atoms with Crippen molar-refractivity contribution in [2.24, 2.45) is 0 Å². The van der Waals surface area contributed by atoms with Gasteiger partial charge in [-0.15, -0.1) is 0 Å². The molecule has 0 aliphatic heterocycles. The van der Waals surface area contributed by atoms with Gasteiger partial charge in [-0.3, -0.25) is 0 Å². The van der Waals surface area contributed by atoms with Crippen molar-refractivity contribution in [3.05, 3.63) is 34.4 Å². The molecule has 2 atom stereocenters. The van der Waals surface area contributed by atoms with Gasteiger partial charge in [0.1, 0.15) is 0 Å². The highest BCUT2D eigenvalue weighted by molar-refractivity contribution is 5.44. The van der Waals surface area contributed by atoms with Gasteiger partial charge in [-0.25, -0.2) is 0 Å². The lowest BCUT2D eigenvalue weighted by Crippen LogP contribution is -2.12. The Bertz CT molecular complexity index is 349. The van der Waals surface area contributed by atoms with E-state index in [-0.39, 0.29) is 0 Å². The molecule has 0 bridgehead atoms. The van der Waals surface area contributed by atoms with Crippen LogP contribution in [-0.4, -0.2) is 0 Å². The fourth-order valence-corrected chi connectivity index (χ4v) is 2.74. The van der Waals surface area contributed by atoms with Crippen molar-refractivity contribution in [1.29, 1.82) is 0 Å². The Labute approximate surface area is 87.3 Å². The Morgan fingerprint density at radius 2 is 1.64 bits per heavy atom. The van der Waals surface area contributed by atoms with Gasteiger partial charge in [0.25, 0.3) is 0 Å². The third-order valence-electron chi connectivity index (χ3n) is 3.88. The minimum atomic E-state index is 0.764. The molecule has 0 heteroatoms. The molecule has 2 unspecified atom stereocenters. The summed E-state index contributed by atoms with van der Waals surface area (Å²) >= 11 is 0. The number of hydrogen-bond acceptors (Lipinski definition) is 0. The zero-order chi connectivity index (χ0) is 10.3. The molecule has 0 N–H and O–H groups in total. The van der Waals surface area contributed by atoms with Gasteiger partial charge in [0.2, 0.25) is 0 Å². The molecular formula is C14H20. The maximum Gasteiger partial charge on any atom is -0.0185 e. The molecule has 0 saturated heterocycles. The molecule has 0 fully saturated rings. The van der Waals surface area contributed by atoms with E-state index in [4.69, 9.17) is 0 Å². The van der Waals surface area contributed by atoms with E-state index in [2.05, 4.69) is 39.8 Å². The Kier molecular flexibility index (Phi) is 2.38. The predicted octanol–water partition coefficient (Wildman–Crippen LogP) is 4.30. The summed E-state index contributed by atoms with van der Waals surface area (Å²) in [5.74, 6) is 1.53. The smallest absolute Gasteiger partial charge is 0.0185 e. The van der Waals surface area contributed by atoms with Crippen LogP contribution in [0.5, 0.6) is 0 Å². The molecule has 0 aromatic heterocycles. The van der Waals surface area contributed by atoms with Crippen LogP contribution in [0.2, 0.25) is 0 Å². The average molecular weight is 188 g/mol. The first kappa shape index (κ1) is 9.76. The summed E-state index contributed by atoms with van der Waals surface area (Å²) in [5, 5.41) is 0. The highest BCUT2D eigenvalue weighted by Gasteiger charge is 2.23. The zero-order valence-corrected chi connectivity index (χ0v) is 9.72. The minimum absolute atomic E-state index is 0.764. The molecule has 1 aromatic rings. The average Bonchev–Trinajstić information content (AvgIpc) is 2.16. The SMILES string of the molecule is Cc1ccc2c(c1C)C(C)CCC2C. The van der Waals surface area contributed by atoms with Crippen molar-refractivity contribution in [3.8, 4) is 0 Å². The predicted molar refractivity (Wildman–Crippen MR) is 62.0 cm³/mol. The lowest BCUT2D eigenvalue weighted by molar-refractivity contribution is 0.524. The van der Waals surface area contributed by atoms with Crippen LogP contribution in [0.15, 0.2) is 12.1 Å². The summed E-state index contributed by atoms with van der Waals surface area (Å²) in [7, 11) is 0. The number of fused-ring (bicyclic) bond motifs is 1. The van der Waals surface area contributed by atoms with E-state index in [1.165, 1.54) is 24.0 Å². The van der Waals surface area contributed by atoms with Gasteiger partial charge in [0, 0.05) is 0 Å². The highest BCUT2D eigenvalue weighted by Crippen LogP contribution is 2.40. The molecule has 76 valence electrons. The molecule has 1 aliphatic carbocycles. The van der Waals surface area contributed by atoms with Gasteiger partial charge < -0.3 is 0 Å². The lowest BCUT2D eigenvalue weighted by Gasteiger charge is -2.29. The monoisotopic (exact) mass is 188 g/mol. The van der Waals surface area contributed by atoms with E-state index in [9.17, 15) is 0 Å². The second-order valence-electron chi connectivity index (χ2n) is 4.89. The Morgan fingerprint density at radius 1 is 1.00 bits per heavy atom. The standard InChI is InChI=1S/C14H20/c1-9-7-8-13-10(2)5-6-11(3)14(13)12(9)4/h7-8,10-11H,5-6H2,1-4H3. The molecule has 0 saturated carbocycles. The van der Waals surface area contributed by atoms with Gasteiger partial charge in [0.15, 0.2) is 0 Å². The summed E-state index contributed by atoms with van der Waals surface area (Å²) in [4.78, 5) is 0. The van der Waals surface area contributed by atoms with Crippen molar-refractivity contribution in [2.75, 3.05) is 0 Å². The Morgan fingerprint density at radius 3 is 2.36 bits per heavy atom. The molecule has 0 radical (unpaired) electrons. The quantitative estimate of drug-likeness (QED) is 0.569. The number of benzene rings is 1. The van der Waals surface area contributed by atoms with Crippen LogP contribution in [-0.2, 0) is 0 Å². The molecule has 0 amide bonds. The van der Waals surface area contributed by atoms with E-state index < -0.39 is 0 Å². The van der Waals surface area contributed by atoms with Gasteiger partial charge in [-0.2, -0.15) is 0 Å². The van der Waals surface area contributed by atoms with Crippen LogP contribution < -0.4 is 0 Å². The third kappa shape index (κ3) is 1.37. The van der Waals surface area contributed by atoms with Crippen LogP contribution in [0, 0.1) is 13.8 Å². The summed E-state index contributed by atoms with van der Waals surface area (Å²) in [6, 6.07) is 4.63. The summed E-state index contributed by atoms with van der Waals surface area (Å²) < 4.78 is 0. The lowest BCUT2D eigenvalue weighted by atomic mass is 9.75. The Balaban J connectivity index is 2.61. The molecule has 0 nitrogen and oxygen atoms in total. The molecule has 14 heavy (non-hydrogen) atoms. The topological polar surface area (TPSA) is 0 Å². The summed E-state index contributed by atoms with van der Waals surface area (Å²) in [6.07, 6.45) is 2.72. The molecule has 0 heterocycles. The fraction of sp³-hybridized carbons (Fsp3) is 0.571. The van der Waals surface area contributed by atoms with Crippen LogP contribution in [0.1, 0.15) is 60.8 Å². The van der Waals surface area contributed by atoms with Crippen LogP contribution in [0.3, 0.4) is 0 Å². The number of rotatable bonds is 0. The van der Waals surface area contributed by atoms with Gasteiger partial charge in [0.05, 0.1) is 0 Å². The molecule has 2 rings (SSSR count). The fourth-order valence-electron chi connectivity index (χ4n) is 2.74. The maximum atomic E-state index is 2.37. The van der Waals surface area contributed by atoms with E-state index in [0.717, 1.165) is 11.8 Å². The zero-order valence-electron chi connectivity index (χ0n) is 9.72. The van der Waals surface area contributed by atoms with E-state index in [0.29, 0.717) is 0 Å². The van der Waals surface area contributed by atoms with Crippen molar-refractivity contribution >= 4 is 0 Å². The van der Waals surface area contributed by atoms with Crippen molar-refractivity contribution in [1.82, 2.24) is 0 Å². The van der Waals surface area contributed by atoms with Crippen LogP contribution in [0.25, 0.3) is 0 Å². The van der Waals surface area contributed by atoms with E-state index in [1.807, 2.05) is 0 Å². The second kappa shape index (κ2) is 3.42. The highest BCUT2D eigenvalue weighted by atomic mass is 14.3. The number of aryl methyl sites for hydroxylation is 1. The molecule has 0 spiro atoms. The first-order chi connectivity index (χ1) is 6.61.